The van der Waals surface area contributed by atoms with E-state index in [1.807, 2.05) is 4.90 Å². The number of H-pyrrole nitrogens is 1. The fraction of sp³-hybridized carbons (Fsp3) is 0.304. The van der Waals surface area contributed by atoms with Crippen molar-refractivity contribution < 1.29 is 22.4 Å². The number of amides is 1. The zero-order chi connectivity index (χ0) is 24.3. The number of para-hydroxylation sites is 1. The van der Waals surface area contributed by atoms with E-state index in [4.69, 9.17) is 0 Å². The van der Waals surface area contributed by atoms with Crippen LogP contribution in [0.2, 0.25) is 0 Å². The average Bonchev–Trinajstić information content (AvgIpc) is 2.83. The van der Waals surface area contributed by atoms with Crippen LogP contribution in [0.15, 0.2) is 53.3 Å². The van der Waals surface area contributed by atoms with Crippen LogP contribution in [-0.4, -0.2) is 52.2 Å². The van der Waals surface area contributed by atoms with Gasteiger partial charge in [-0.25, -0.2) is 4.39 Å². The minimum Gasteiger partial charge on any atom is -0.366 e. The highest BCUT2D eigenvalue weighted by molar-refractivity contribution is 5.76. The highest BCUT2D eigenvalue weighted by Crippen LogP contribution is 2.31. The maximum Gasteiger partial charge on any atom is 0.416 e. The van der Waals surface area contributed by atoms with Gasteiger partial charge in [-0.2, -0.15) is 13.2 Å². The van der Waals surface area contributed by atoms with Gasteiger partial charge in [0, 0.05) is 44.6 Å². The van der Waals surface area contributed by atoms with Gasteiger partial charge in [-0.05, 0) is 24.3 Å². The maximum absolute atomic E-state index is 14.0. The number of anilines is 1. The Morgan fingerprint density at radius 1 is 1.00 bits per heavy atom. The lowest BCUT2D eigenvalue weighted by Crippen LogP contribution is -2.49. The fourth-order valence-electron chi connectivity index (χ4n) is 3.79. The Hall–Kier alpha value is -3.76. The molecule has 3 aromatic rings. The van der Waals surface area contributed by atoms with Crippen LogP contribution in [0.4, 0.5) is 23.2 Å². The van der Waals surface area contributed by atoms with E-state index < -0.39 is 17.3 Å². The molecular weight excluding hydrogens is 454 g/mol. The monoisotopic (exact) mass is 475 g/mol. The van der Waals surface area contributed by atoms with Gasteiger partial charge < -0.3 is 14.8 Å². The number of piperazine rings is 1. The molecule has 2 aromatic carbocycles. The molecule has 1 aliphatic rings. The summed E-state index contributed by atoms with van der Waals surface area (Å²) in [4.78, 5) is 30.9. The van der Waals surface area contributed by atoms with Crippen molar-refractivity contribution in [3.63, 3.8) is 0 Å². The molecule has 0 atom stereocenters. The number of aromatic nitrogens is 3. The van der Waals surface area contributed by atoms with Crippen molar-refractivity contribution >= 4 is 11.6 Å². The molecule has 178 valence electrons. The summed E-state index contributed by atoms with van der Waals surface area (Å²) in [6.45, 7) is 1.81. The third-order valence-corrected chi connectivity index (χ3v) is 5.63. The Morgan fingerprint density at radius 2 is 1.74 bits per heavy atom. The first kappa shape index (κ1) is 23.4. The summed E-state index contributed by atoms with van der Waals surface area (Å²) in [5.74, 6) is -0.569. The second-order valence-corrected chi connectivity index (χ2v) is 7.85. The van der Waals surface area contributed by atoms with E-state index in [9.17, 15) is 27.2 Å². The minimum absolute atomic E-state index is 0.0223. The van der Waals surface area contributed by atoms with Gasteiger partial charge in [-0.15, -0.1) is 10.2 Å². The molecule has 0 aliphatic carbocycles. The Morgan fingerprint density at radius 3 is 2.41 bits per heavy atom. The number of nitrogens with zero attached hydrogens (tertiary/aromatic N) is 4. The maximum atomic E-state index is 14.0. The number of carbonyl (C=O) groups excluding carboxylic acids is 1. The van der Waals surface area contributed by atoms with E-state index in [0.29, 0.717) is 31.9 Å². The summed E-state index contributed by atoms with van der Waals surface area (Å²) in [6.07, 6.45) is -4.46. The number of carbonyl (C=O) groups is 1. The Bertz CT molecular complexity index is 1240. The predicted molar refractivity (Wildman–Crippen MR) is 117 cm³/mol. The number of nitrogens with one attached hydrogen (secondary N) is 1. The molecule has 1 saturated heterocycles. The SMILES string of the molecule is O=C(CCc1nnc(-c2cccc(C(F)(F)F)c2)[nH]c1=O)N1CCN(c2ccccc2F)CC1. The van der Waals surface area contributed by atoms with Gasteiger partial charge in [0.15, 0.2) is 5.82 Å². The summed E-state index contributed by atoms with van der Waals surface area (Å²) in [5.41, 5.74) is -0.877. The molecule has 7 nitrogen and oxygen atoms in total. The normalized spacial score (nSPS) is 14.4. The Balaban J connectivity index is 1.35. The number of halogens is 4. The molecule has 0 saturated carbocycles. The molecule has 1 aliphatic heterocycles. The lowest BCUT2D eigenvalue weighted by Gasteiger charge is -2.36. The molecule has 0 radical (unpaired) electrons. The van der Waals surface area contributed by atoms with Gasteiger partial charge in [0.25, 0.3) is 5.56 Å². The second-order valence-electron chi connectivity index (χ2n) is 7.85. The number of hydrogen-bond acceptors (Lipinski definition) is 5. The number of hydrogen-bond donors (Lipinski definition) is 1. The minimum atomic E-state index is -4.52. The number of rotatable bonds is 5. The molecule has 0 unspecified atom stereocenters. The second kappa shape index (κ2) is 9.62. The first-order chi connectivity index (χ1) is 16.2. The zero-order valence-electron chi connectivity index (χ0n) is 18.0. The lowest BCUT2D eigenvalue weighted by molar-refractivity contribution is -0.137. The molecule has 34 heavy (non-hydrogen) atoms. The fourth-order valence-corrected chi connectivity index (χ4v) is 3.79. The molecule has 1 N–H and O–H groups in total. The van der Waals surface area contributed by atoms with Crippen LogP contribution in [0.1, 0.15) is 17.7 Å². The van der Waals surface area contributed by atoms with Gasteiger partial charge in [0.05, 0.1) is 11.3 Å². The first-order valence-corrected chi connectivity index (χ1v) is 10.6. The molecule has 11 heteroatoms. The standard InChI is InChI=1S/C23H21F4N5O2/c24-17-6-1-2-7-19(17)31-10-12-32(13-11-31)20(33)9-8-18-22(34)28-21(30-29-18)15-4-3-5-16(14-15)23(25,26)27/h1-7,14H,8-13H2,(H,28,30,34). The van der Waals surface area contributed by atoms with Gasteiger partial charge in [0.2, 0.25) is 5.91 Å². The van der Waals surface area contributed by atoms with E-state index in [-0.39, 0.29) is 41.6 Å². The number of alkyl halides is 3. The highest BCUT2D eigenvalue weighted by Gasteiger charge is 2.30. The lowest BCUT2D eigenvalue weighted by atomic mass is 10.1. The summed E-state index contributed by atoms with van der Waals surface area (Å²) in [6, 6.07) is 10.9. The molecule has 1 aromatic heterocycles. The van der Waals surface area contributed by atoms with Crippen LogP contribution in [-0.2, 0) is 17.4 Å². The molecule has 2 heterocycles. The average molecular weight is 475 g/mol. The molecule has 0 spiro atoms. The largest absolute Gasteiger partial charge is 0.416 e. The Kier molecular flexibility index (Phi) is 6.62. The van der Waals surface area contributed by atoms with Crippen molar-refractivity contribution in [1.29, 1.82) is 0 Å². The molecule has 4 rings (SSSR count). The third kappa shape index (κ3) is 5.24. The molecule has 1 fully saturated rings. The molecule has 1 amide bonds. The van der Waals surface area contributed by atoms with Crippen LogP contribution >= 0.6 is 0 Å². The van der Waals surface area contributed by atoms with Gasteiger partial charge >= 0.3 is 6.18 Å². The summed E-state index contributed by atoms with van der Waals surface area (Å²) in [7, 11) is 0. The van der Waals surface area contributed by atoms with E-state index in [2.05, 4.69) is 15.2 Å². The first-order valence-electron chi connectivity index (χ1n) is 10.6. The third-order valence-electron chi connectivity index (χ3n) is 5.63. The summed E-state index contributed by atoms with van der Waals surface area (Å²) < 4.78 is 52.7. The predicted octanol–water partition coefficient (Wildman–Crippen LogP) is 3.27. The number of benzene rings is 2. The van der Waals surface area contributed by atoms with Crippen molar-refractivity contribution in [3.05, 3.63) is 76.0 Å². The zero-order valence-corrected chi connectivity index (χ0v) is 18.0. The van der Waals surface area contributed by atoms with Crippen molar-refractivity contribution in [2.75, 3.05) is 31.1 Å². The van der Waals surface area contributed by atoms with Gasteiger partial charge in [-0.1, -0.05) is 24.3 Å². The molecule has 0 bridgehead atoms. The van der Waals surface area contributed by atoms with Gasteiger partial charge in [0.1, 0.15) is 11.5 Å². The van der Waals surface area contributed by atoms with Crippen molar-refractivity contribution in [2.24, 2.45) is 0 Å². The van der Waals surface area contributed by atoms with Crippen LogP contribution in [0, 0.1) is 5.82 Å². The van der Waals surface area contributed by atoms with Crippen molar-refractivity contribution in [2.45, 2.75) is 19.0 Å². The van der Waals surface area contributed by atoms with Gasteiger partial charge in [-0.3, -0.25) is 9.59 Å². The smallest absolute Gasteiger partial charge is 0.366 e. The van der Waals surface area contributed by atoms with Crippen LogP contribution in [0.3, 0.4) is 0 Å². The van der Waals surface area contributed by atoms with E-state index in [0.717, 1.165) is 12.1 Å². The quantitative estimate of drug-likeness (QED) is 0.573. The summed E-state index contributed by atoms with van der Waals surface area (Å²) >= 11 is 0. The number of aromatic amines is 1. The number of aryl methyl sites for hydroxylation is 1. The van der Waals surface area contributed by atoms with Crippen molar-refractivity contribution in [3.8, 4) is 11.4 Å². The van der Waals surface area contributed by atoms with Crippen molar-refractivity contribution in [1.82, 2.24) is 20.1 Å². The Labute approximate surface area is 192 Å². The highest BCUT2D eigenvalue weighted by atomic mass is 19.4. The topological polar surface area (TPSA) is 82.2 Å². The van der Waals surface area contributed by atoms with E-state index >= 15 is 0 Å². The van der Waals surface area contributed by atoms with Crippen LogP contribution in [0.25, 0.3) is 11.4 Å². The van der Waals surface area contributed by atoms with E-state index in [1.54, 1.807) is 23.1 Å². The van der Waals surface area contributed by atoms with Crippen LogP contribution < -0.4 is 10.5 Å². The van der Waals surface area contributed by atoms with E-state index in [1.165, 1.54) is 18.2 Å². The molecular formula is C23H21F4N5O2. The summed E-state index contributed by atoms with van der Waals surface area (Å²) in [5, 5.41) is 7.66. The van der Waals surface area contributed by atoms with Crippen LogP contribution in [0.5, 0.6) is 0 Å².